The van der Waals surface area contributed by atoms with Crippen LogP contribution in [0.25, 0.3) is 0 Å². The van der Waals surface area contributed by atoms with Gasteiger partial charge in [-0.25, -0.2) is 0 Å². The van der Waals surface area contributed by atoms with Gasteiger partial charge in [-0.1, -0.05) is 26.7 Å². The quantitative estimate of drug-likeness (QED) is 0.638. The summed E-state index contributed by atoms with van der Waals surface area (Å²) < 4.78 is 0. The second-order valence-corrected chi connectivity index (χ2v) is 3.59. The van der Waals surface area contributed by atoms with Crippen LogP contribution in [-0.4, -0.2) is 11.2 Å². The Bertz CT molecular complexity index is 101. The van der Waals surface area contributed by atoms with E-state index in [1.54, 1.807) is 0 Å². The number of unbranched alkanes of at least 4 members (excludes halogenated alkanes) is 1. The number of aliphatic hydroxyl groups is 1. The minimum absolute atomic E-state index is 0.00921. The van der Waals surface area contributed by atoms with Crippen molar-refractivity contribution in [2.45, 2.75) is 45.6 Å². The molecular weight excluding hydrogens is 124 g/mol. The number of aliphatic hydroxyl groups excluding tert-OH is 1. The first-order valence-corrected chi connectivity index (χ1v) is 4.43. The number of hydrogen-bond acceptors (Lipinski definition) is 1. The molecule has 0 aromatic heterocycles. The third-order valence-electron chi connectivity index (χ3n) is 2.52. The summed E-state index contributed by atoms with van der Waals surface area (Å²) in [7, 11) is 0. The fourth-order valence-corrected chi connectivity index (χ4v) is 1.51. The van der Waals surface area contributed by atoms with Gasteiger partial charge in [0, 0.05) is 0 Å². The summed E-state index contributed by atoms with van der Waals surface area (Å²) in [5.74, 6) is 1.44. The third kappa shape index (κ3) is 1.98. The van der Waals surface area contributed by atoms with Gasteiger partial charge in [0.2, 0.25) is 0 Å². The van der Waals surface area contributed by atoms with Crippen molar-refractivity contribution < 1.29 is 5.11 Å². The Morgan fingerprint density at radius 1 is 1.60 bits per heavy atom. The molecule has 1 aliphatic carbocycles. The van der Waals surface area contributed by atoms with Crippen molar-refractivity contribution in [1.29, 1.82) is 0 Å². The molecule has 1 heteroatoms. The first-order chi connectivity index (χ1) is 4.75. The highest BCUT2D eigenvalue weighted by molar-refractivity contribution is 4.87. The van der Waals surface area contributed by atoms with E-state index in [4.69, 9.17) is 0 Å². The summed E-state index contributed by atoms with van der Waals surface area (Å²) in [6.07, 6.45) is 4.67. The van der Waals surface area contributed by atoms with Crippen LogP contribution in [0.1, 0.15) is 39.5 Å². The first kappa shape index (κ1) is 8.06. The van der Waals surface area contributed by atoms with Crippen LogP contribution in [0.3, 0.4) is 0 Å². The molecule has 0 saturated heterocycles. The van der Waals surface area contributed by atoms with Gasteiger partial charge >= 0.3 is 0 Å². The van der Waals surface area contributed by atoms with Crippen LogP contribution in [0.2, 0.25) is 0 Å². The topological polar surface area (TPSA) is 20.2 Å². The molecular formula is C9H18O. The van der Waals surface area contributed by atoms with E-state index < -0.39 is 0 Å². The predicted molar refractivity (Wildman–Crippen MR) is 42.8 cm³/mol. The minimum atomic E-state index is 0.00921. The van der Waals surface area contributed by atoms with Crippen molar-refractivity contribution in [3.05, 3.63) is 0 Å². The monoisotopic (exact) mass is 142 g/mol. The van der Waals surface area contributed by atoms with Crippen LogP contribution >= 0.6 is 0 Å². The summed E-state index contributed by atoms with van der Waals surface area (Å²) in [5.41, 5.74) is 0. The lowest BCUT2D eigenvalue weighted by atomic mass is 10.1. The van der Waals surface area contributed by atoms with Gasteiger partial charge < -0.3 is 5.11 Å². The number of rotatable bonds is 4. The van der Waals surface area contributed by atoms with Crippen LogP contribution in [0, 0.1) is 11.8 Å². The molecule has 1 nitrogen and oxygen atoms in total. The van der Waals surface area contributed by atoms with E-state index in [-0.39, 0.29) is 6.10 Å². The lowest BCUT2D eigenvalue weighted by molar-refractivity contribution is 0.133. The highest BCUT2D eigenvalue weighted by Gasteiger charge is 2.37. The molecule has 1 N–H and O–H groups in total. The normalized spacial score (nSPS) is 33.9. The van der Waals surface area contributed by atoms with Gasteiger partial charge in [0.1, 0.15) is 0 Å². The molecule has 1 fully saturated rings. The van der Waals surface area contributed by atoms with Gasteiger partial charge in [-0.3, -0.25) is 0 Å². The van der Waals surface area contributed by atoms with Gasteiger partial charge in [-0.15, -0.1) is 0 Å². The molecule has 0 aromatic carbocycles. The molecule has 0 aliphatic heterocycles. The maximum Gasteiger partial charge on any atom is 0.0571 e. The lowest BCUT2D eigenvalue weighted by Gasteiger charge is -2.07. The van der Waals surface area contributed by atoms with Crippen LogP contribution < -0.4 is 0 Å². The van der Waals surface area contributed by atoms with Crippen molar-refractivity contribution in [2.75, 3.05) is 0 Å². The van der Waals surface area contributed by atoms with Crippen molar-refractivity contribution >= 4 is 0 Å². The first-order valence-electron chi connectivity index (χ1n) is 4.43. The Hall–Kier alpha value is -0.0400. The molecule has 0 amide bonds. The minimum Gasteiger partial charge on any atom is -0.393 e. The highest BCUT2D eigenvalue weighted by atomic mass is 16.3. The molecule has 0 bridgehead atoms. The molecule has 3 atom stereocenters. The second-order valence-electron chi connectivity index (χ2n) is 3.59. The molecule has 60 valence electrons. The molecule has 0 radical (unpaired) electrons. The smallest absolute Gasteiger partial charge is 0.0571 e. The van der Waals surface area contributed by atoms with Crippen LogP contribution in [0.15, 0.2) is 0 Å². The van der Waals surface area contributed by atoms with E-state index in [1.165, 1.54) is 19.3 Å². The molecule has 1 rings (SSSR count). The van der Waals surface area contributed by atoms with Crippen molar-refractivity contribution in [3.8, 4) is 0 Å². The summed E-state index contributed by atoms with van der Waals surface area (Å²) in [6.45, 7) is 4.39. The van der Waals surface area contributed by atoms with E-state index in [0.717, 1.165) is 12.3 Å². The predicted octanol–water partition coefficient (Wildman–Crippen LogP) is 2.19. The molecule has 0 heterocycles. The Balaban J connectivity index is 2.04. The molecule has 3 unspecified atom stereocenters. The molecule has 0 spiro atoms. The summed E-state index contributed by atoms with van der Waals surface area (Å²) in [4.78, 5) is 0. The summed E-state index contributed by atoms with van der Waals surface area (Å²) in [6, 6.07) is 0. The standard InChI is InChI=1S/C9H18O/c1-3-4-5-9(10)8-6-7(8)2/h7-10H,3-6H2,1-2H3. The van der Waals surface area contributed by atoms with Gasteiger partial charge in [-0.2, -0.15) is 0 Å². The zero-order valence-corrected chi connectivity index (χ0v) is 7.01. The Morgan fingerprint density at radius 2 is 2.20 bits per heavy atom. The molecule has 10 heavy (non-hydrogen) atoms. The van der Waals surface area contributed by atoms with Crippen molar-refractivity contribution in [3.63, 3.8) is 0 Å². The molecule has 0 aromatic rings. The fourth-order valence-electron chi connectivity index (χ4n) is 1.51. The third-order valence-corrected chi connectivity index (χ3v) is 2.52. The van der Waals surface area contributed by atoms with Gasteiger partial charge in [-0.05, 0) is 24.7 Å². The summed E-state index contributed by atoms with van der Waals surface area (Å²) >= 11 is 0. The van der Waals surface area contributed by atoms with Gasteiger partial charge in [0.05, 0.1) is 6.10 Å². The van der Waals surface area contributed by atoms with Crippen LogP contribution in [-0.2, 0) is 0 Å². The lowest BCUT2D eigenvalue weighted by Crippen LogP contribution is -2.09. The van der Waals surface area contributed by atoms with Gasteiger partial charge in [0.25, 0.3) is 0 Å². The van der Waals surface area contributed by atoms with E-state index >= 15 is 0 Å². The maximum atomic E-state index is 9.49. The molecule has 1 saturated carbocycles. The van der Waals surface area contributed by atoms with Gasteiger partial charge in [0.15, 0.2) is 0 Å². The van der Waals surface area contributed by atoms with E-state index in [0.29, 0.717) is 5.92 Å². The SMILES string of the molecule is CCCCC(O)C1CC1C. The Labute approximate surface area is 63.4 Å². The van der Waals surface area contributed by atoms with E-state index in [1.807, 2.05) is 0 Å². The van der Waals surface area contributed by atoms with E-state index in [9.17, 15) is 5.11 Å². The Morgan fingerprint density at radius 3 is 2.60 bits per heavy atom. The Kier molecular flexibility index (Phi) is 2.72. The largest absolute Gasteiger partial charge is 0.393 e. The summed E-state index contributed by atoms with van der Waals surface area (Å²) in [5, 5.41) is 9.49. The van der Waals surface area contributed by atoms with Crippen LogP contribution in [0.4, 0.5) is 0 Å². The highest BCUT2D eigenvalue weighted by Crippen LogP contribution is 2.41. The maximum absolute atomic E-state index is 9.49. The zero-order valence-electron chi connectivity index (χ0n) is 7.01. The second kappa shape index (κ2) is 3.38. The zero-order chi connectivity index (χ0) is 7.56. The van der Waals surface area contributed by atoms with Crippen molar-refractivity contribution in [2.24, 2.45) is 11.8 Å². The van der Waals surface area contributed by atoms with E-state index in [2.05, 4.69) is 13.8 Å². The fraction of sp³-hybridized carbons (Fsp3) is 1.00. The number of hydrogen-bond donors (Lipinski definition) is 1. The van der Waals surface area contributed by atoms with Crippen LogP contribution in [0.5, 0.6) is 0 Å². The average molecular weight is 142 g/mol. The molecule has 1 aliphatic rings. The average Bonchev–Trinajstić information content (AvgIpc) is 2.62. The van der Waals surface area contributed by atoms with Crippen molar-refractivity contribution in [1.82, 2.24) is 0 Å².